The third-order valence-corrected chi connectivity index (χ3v) is 11.3. The van der Waals surface area contributed by atoms with Crippen molar-refractivity contribution < 1.29 is 15.3 Å². The molecule has 6 nitrogen and oxygen atoms in total. The number of likely N-dealkylation sites (N-methyl/N-ethyl adjacent to an activating group) is 1. The van der Waals surface area contributed by atoms with Crippen molar-refractivity contribution in [1.82, 2.24) is 15.1 Å². The number of unbranched alkanes of at least 4 members (excludes halogenated alkanes) is 18. The van der Waals surface area contributed by atoms with Crippen LogP contribution in [-0.4, -0.2) is 96.3 Å². The molecule has 344 valence electrons. The monoisotopic (exact) mass is 826 g/mol. The molecule has 0 spiro atoms. The highest BCUT2D eigenvalue weighted by Crippen LogP contribution is 2.14. The highest BCUT2D eigenvalue weighted by Gasteiger charge is 2.17. The highest BCUT2D eigenvalue weighted by atomic mass is 16.3. The molecule has 59 heavy (non-hydrogen) atoms. The van der Waals surface area contributed by atoms with Gasteiger partial charge in [-0.1, -0.05) is 169 Å². The Labute approximate surface area is 367 Å². The summed E-state index contributed by atoms with van der Waals surface area (Å²) in [6.07, 6.45) is 57.0. The third kappa shape index (κ3) is 45.6. The van der Waals surface area contributed by atoms with Crippen LogP contribution in [0.25, 0.3) is 0 Å². The van der Waals surface area contributed by atoms with Crippen LogP contribution in [0.3, 0.4) is 0 Å². The zero-order chi connectivity index (χ0) is 43.1. The van der Waals surface area contributed by atoms with Gasteiger partial charge in [-0.15, -0.1) is 0 Å². The van der Waals surface area contributed by atoms with Gasteiger partial charge in [0.25, 0.3) is 0 Å². The molecule has 0 rings (SSSR count). The number of aliphatic hydroxyl groups excluding tert-OH is 3. The van der Waals surface area contributed by atoms with Crippen molar-refractivity contribution in [2.45, 2.75) is 212 Å². The molecular formula is C53H99N3O3. The Bertz CT molecular complexity index is 973. The molecule has 3 atom stereocenters. The minimum atomic E-state index is -0.350. The average Bonchev–Trinajstić information content (AvgIpc) is 3.22. The van der Waals surface area contributed by atoms with Crippen molar-refractivity contribution in [1.29, 1.82) is 0 Å². The van der Waals surface area contributed by atoms with Gasteiger partial charge in [0, 0.05) is 45.8 Å². The fourth-order valence-electron chi connectivity index (χ4n) is 7.43. The number of aliphatic hydroxyl groups is 3. The fraction of sp³-hybridized carbons (Fsp3) is 0.774. The number of allylic oxidation sites excluding steroid dienone is 12. The van der Waals surface area contributed by atoms with Crippen LogP contribution in [-0.2, 0) is 0 Å². The van der Waals surface area contributed by atoms with Crippen molar-refractivity contribution in [3.8, 4) is 0 Å². The molecule has 0 saturated carbocycles. The van der Waals surface area contributed by atoms with Crippen LogP contribution in [0.15, 0.2) is 72.9 Å². The molecule has 0 radical (unpaired) electrons. The molecule has 0 bridgehead atoms. The van der Waals surface area contributed by atoms with E-state index in [1.165, 1.54) is 116 Å². The Morgan fingerprint density at radius 1 is 0.407 bits per heavy atom. The second-order valence-electron chi connectivity index (χ2n) is 17.2. The molecule has 0 aromatic carbocycles. The summed E-state index contributed by atoms with van der Waals surface area (Å²) in [6.45, 7) is 11.6. The predicted octanol–water partition coefficient (Wildman–Crippen LogP) is 12.8. The summed E-state index contributed by atoms with van der Waals surface area (Å²) in [5.41, 5.74) is 0. The largest absolute Gasteiger partial charge is 0.392 e. The number of hydrogen-bond donors (Lipinski definition) is 4. The van der Waals surface area contributed by atoms with E-state index in [9.17, 15) is 15.3 Å². The second kappa shape index (κ2) is 47.3. The summed E-state index contributed by atoms with van der Waals surface area (Å²) >= 11 is 0. The Morgan fingerprint density at radius 2 is 0.763 bits per heavy atom. The van der Waals surface area contributed by atoms with Crippen LogP contribution in [0, 0.1) is 0 Å². The quantitative estimate of drug-likeness (QED) is 0.0362. The van der Waals surface area contributed by atoms with Crippen molar-refractivity contribution in [2.24, 2.45) is 0 Å². The van der Waals surface area contributed by atoms with Gasteiger partial charge >= 0.3 is 0 Å². The lowest BCUT2D eigenvalue weighted by Crippen LogP contribution is -2.43. The van der Waals surface area contributed by atoms with Crippen molar-refractivity contribution in [3.63, 3.8) is 0 Å². The first kappa shape index (κ1) is 57.2. The first-order chi connectivity index (χ1) is 28.9. The normalized spacial score (nSPS) is 14.4. The van der Waals surface area contributed by atoms with E-state index in [-0.39, 0.29) is 18.3 Å². The van der Waals surface area contributed by atoms with Crippen LogP contribution in [0.4, 0.5) is 0 Å². The molecular weight excluding hydrogens is 727 g/mol. The lowest BCUT2D eigenvalue weighted by atomic mass is 10.0. The van der Waals surface area contributed by atoms with E-state index in [1.54, 1.807) is 0 Å². The van der Waals surface area contributed by atoms with Gasteiger partial charge in [-0.3, -0.25) is 4.90 Å². The van der Waals surface area contributed by atoms with E-state index in [4.69, 9.17) is 0 Å². The number of hydrogen-bond acceptors (Lipinski definition) is 6. The topological polar surface area (TPSA) is 79.2 Å². The first-order valence-electron chi connectivity index (χ1n) is 24.9. The molecule has 0 amide bonds. The van der Waals surface area contributed by atoms with E-state index in [1.807, 2.05) is 0 Å². The van der Waals surface area contributed by atoms with E-state index in [0.717, 1.165) is 84.0 Å². The summed E-state index contributed by atoms with van der Waals surface area (Å²) in [6, 6.07) is 0. The number of rotatable bonds is 45. The van der Waals surface area contributed by atoms with Crippen LogP contribution >= 0.6 is 0 Å². The lowest BCUT2D eigenvalue weighted by molar-refractivity contribution is 0.0563. The Morgan fingerprint density at radius 3 is 1.15 bits per heavy atom. The van der Waals surface area contributed by atoms with Crippen LogP contribution in [0.1, 0.15) is 194 Å². The van der Waals surface area contributed by atoms with E-state index in [2.05, 4.69) is 116 Å². The van der Waals surface area contributed by atoms with Crippen molar-refractivity contribution >= 4 is 0 Å². The summed E-state index contributed by atoms with van der Waals surface area (Å²) in [5, 5.41) is 36.1. The Kier molecular flexibility index (Phi) is 45.8. The van der Waals surface area contributed by atoms with Gasteiger partial charge in [0.2, 0.25) is 0 Å². The smallest absolute Gasteiger partial charge is 0.0667 e. The van der Waals surface area contributed by atoms with E-state index < -0.39 is 0 Å². The van der Waals surface area contributed by atoms with Gasteiger partial charge in [-0.2, -0.15) is 0 Å². The maximum absolute atomic E-state index is 11.0. The summed E-state index contributed by atoms with van der Waals surface area (Å²) in [7, 11) is 2.16. The molecule has 0 saturated heterocycles. The van der Waals surface area contributed by atoms with Gasteiger partial charge in [0.1, 0.15) is 0 Å². The molecule has 4 N–H and O–H groups in total. The Hall–Kier alpha value is -1.80. The zero-order valence-electron chi connectivity index (χ0n) is 39.4. The molecule has 0 aromatic heterocycles. The highest BCUT2D eigenvalue weighted by molar-refractivity contribution is 4.92. The summed E-state index contributed by atoms with van der Waals surface area (Å²) in [5.74, 6) is 0. The minimum absolute atomic E-state index is 0.276. The third-order valence-electron chi connectivity index (χ3n) is 11.3. The van der Waals surface area contributed by atoms with Crippen molar-refractivity contribution in [3.05, 3.63) is 72.9 Å². The molecule has 6 heteroatoms. The molecule has 3 unspecified atom stereocenters. The summed E-state index contributed by atoms with van der Waals surface area (Å²) < 4.78 is 0. The Balaban J connectivity index is 4.43. The van der Waals surface area contributed by atoms with Crippen LogP contribution < -0.4 is 5.32 Å². The number of nitrogens with zero attached hydrogens (tertiary/aromatic N) is 2. The standard InChI is InChI=1S/C53H99N3O3/c1-5-8-11-14-17-20-23-26-29-32-35-38-41-51(57)48-54-44-45-55(4)46-47-56(49-52(58)42-39-36-33-30-27-24-21-18-15-12-9-6-2)50-53(59)43-40-37-34-31-28-25-22-19-16-13-10-7-3/h5-10,14-19,51-54,57-59H,11-13,20-50H2,1-4H3/b8-5-,9-6-,10-7-,17-14-,18-15-,19-16-. The van der Waals surface area contributed by atoms with Crippen LogP contribution in [0.5, 0.6) is 0 Å². The minimum Gasteiger partial charge on any atom is -0.392 e. The van der Waals surface area contributed by atoms with Gasteiger partial charge in [0.05, 0.1) is 18.3 Å². The summed E-state index contributed by atoms with van der Waals surface area (Å²) in [4.78, 5) is 4.64. The molecule has 0 aromatic rings. The maximum Gasteiger partial charge on any atom is 0.0667 e. The maximum atomic E-state index is 11.0. The van der Waals surface area contributed by atoms with Crippen LogP contribution in [0.2, 0.25) is 0 Å². The SMILES string of the molecule is C/C=C\C/C=C\CCCCCCCCC(O)CNCCN(C)CCN(CC(O)CCCCCCCC/C=C\C/C=C\C)CC(O)CCCCCCCC/C=C\C/C=C\C. The first-order valence-corrected chi connectivity index (χ1v) is 24.9. The predicted molar refractivity (Wildman–Crippen MR) is 261 cm³/mol. The molecule has 0 aliphatic heterocycles. The molecule has 0 heterocycles. The van der Waals surface area contributed by atoms with Gasteiger partial charge < -0.3 is 25.5 Å². The fourth-order valence-corrected chi connectivity index (χ4v) is 7.43. The van der Waals surface area contributed by atoms with Gasteiger partial charge in [0.15, 0.2) is 0 Å². The lowest BCUT2D eigenvalue weighted by Gasteiger charge is -2.29. The molecule has 0 aliphatic carbocycles. The zero-order valence-corrected chi connectivity index (χ0v) is 39.4. The van der Waals surface area contributed by atoms with E-state index in [0.29, 0.717) is 19.6 Å². The van der Waals surface area contributed by atoms with Gasteiger partial charge in [-0.25, -0.2) is 0 Å². The average molecular weight is 826 g/mol. The van der Waals surface area contributed by atoms with Crippen molar-refractivity contribution in [2.75, 3.05) is 52.9 Å². The number of nitrogens with one attached hydrogen (secondary N) is 1. The molecule has 0 fully saturated rings. The molecule has 0 aliphatic rings. The second-order valence-corrected chi connectivity index (χ2v) is 17.2. The van der Waals surface area contributed by atoms with E-state index >= 15 is 0 Å². The van der Waals surface area contributed by atoms with Gasteiger partial charge in [-0.05, 0) is 105 Å².